The zero-order valence-corrected chi connectivity index (χ0v) is 13.0. The summed E-state index contributed by atoms with van der Waals surface area (Å²) in [5.41, 5.74) is 1.00. The SMILES string of the molecule is CS(=O)CC(NC(=O)C1CC2CCC1O2)c1ccccc1. The van der Waals surface area contributed by atoms with Gasteiger partial charge in [0, 0.05) is 22.8 Å². The van der Waals surface area contributed by atoms with Crippen LogP contribution < -0.4 is 5.32 Å². The van der Waals surface area contributed by atoms with Crippen molar-refractivity contribution in [2.75, 3.05) is 12.0 Å². The zero-order chi connectivity index (χ0) is 14.8. The van der Waals surface area contributed by atoms with Crippen molar-refractivity contribution in [1.82, 2.24) is 5.32 Å². The third kappa shape index (κ3) is 3.35. The molecule has 1 aromatic carbocycles. The van der Waals surface area contributed by atoms with E-state index in [1.807, 2.05) is 30.3 Å². The maximum atomic E-state index is 12.5. The van der Waals surface area contributed by atoms with Crippen molar-refractivity contribution in [3.63, 3.8) is 0 Å². The Morgan fingerprint density at radius 2 is 2.14 bits per heavy atom. The molecule has 5 heteroatoms. The van der Waals surface area contributed by atoms with Crippen LogP contribution >= 0.6 is 0 Å². The summed E-state index contributed by atoms with van der Waals surface area (Å²) in [7, 11) is -0.962. The zero-order valence-electron chi connectivity index (χ0n) is 12.2. The van der Waals surface area contributed by atoms with Crippen molar-refractivity contribution >= 4 is 16.7 Å². The third-order valence-electron chi connectivity index (χ3n) is 4.36. The Balaban J connectivity index is 1.69. The number of hydrogen-bond donors (Lipinski definition) is 1. The molecule has 0 aromatic heterocycles. The standard InChI is InChI=1S/C16H21NO3S/c1-21(19)10-14(11-5-3-2-4-6-11)17-16(18)13-9-12-7-8-15(13)20-12/h2-6,12-15H,7-10H2,1H3,(H,17,18). The molecular weight excluding hydrogens is 286 g/mol. The Labute approximate surface area is 127 Å². The molecule has 2 aliphatic rings. The number of nitrogens with one attached hydrogen (secondary N) is 1. The van der Waals surface area contributed by atoms with Crippen LogP contribution in [-0.2, 0) is 20.3 Å². The van der Waals surface area contributed by atoms with E-state index in [1.54, 1.807) is 6.26 Å². The van der Waals surface area contributed by atoms with Crippen molar-refractivity contribution in [1.29, 1.82) is 0 Å². The summed E-state index contributed by atoms with van der Waals surface area (Å²) in [6, 6.07) is 9.56. The van der Waals surface area contributed by atoms with Crippen LogP contribution in [0.5, 0.6) is 0 Å². The topological polar surface area (TPSA) is 55.4 Å². The minimum absolute atomic E-state index is 0.0414. The number of amides is 1. The molecule has 5 atom stereocenters. The summed E-state index contributed by atoms with van der Waals surface area (Å²) >= 11 is 0. The molecule has 2 bridgehead atoms. The van der Waals surface area contributed by atoms with Gasteiger partial charge < -0.3 is 10.1 Å². The average Bonchev–Trinajstić information content (AvgIpc) is 3.09. The predicted molar refractivity (Wildman–Crippen MR) is 82.3 cm³/mol. The van der Waals surface area contributed by atoms with Crippen LogP contribution in [0.4, 0.5) is 0 Å². The summed E-state index contributed by atoms with van der Waals surface area (Å²) in [4.78, 5) is 12.5. The van der Waals surface area contributed by atoms with Gasteiger partial charge in [-0.05, 0) is 24.8 Å². The second kappa shape index (κ2) is 6.28. The number of carbonyl (C=O) groups is 1. The first-order chi connectivity index (χ1) is 10.1. The molecule has 21 heavy (non-hydrogen) atoms. The molecule has 114 valence electrons. The molecule has 1 aromatic rings. The smallest absolute Gasteiger partial charge is 0.226 e. The van der Waals surface area contributed by atoms with Gasteiger partial charge in [-0.3, -0.25) is 9.00 Å². The lowest BCUT2D eigenvalue weighted by molar-refractivity contribution is -0.127. The molecule has 2 heterocycles. The molecule has 4 nitrogen and oxygen atoms in total. The molecule has 1 N–H and O–H groups in total. The summed E-state index contributed by atoms with van der Waals surface area (Å²) in [6.07, 6.45) is 4.91. The number of rotatable bonds is 5. The Kier molecular flexibility index (Phi) is 4.40. The molecule has 0 aliphatic carbocycles. The Hall–Kier alpha value is -1.20. The van der Waals surface area contributed by atoms with E-state index in [-0.39, 0.29) is 30.1 Å². The maximum absolute atomic E-state index is 12.5. The number of carbonyl (C=O) groups excluding carboxylic acids is 1. The lowest BCUT2D eigenvalue weighted by Crippen LogP contribution is -2.39. The van der Waals surface area contributed by atoms with Gasteiger partial charge in [-0.15, -0.1) is 0 Å². The molecule has 0 radical (unpaired) electrons. The van der Waals surface area contributed by atoms with Crippen LogP contribution in [0.1, 0.15) is 30.9 Å². The monoisotopic (exact) mass is 307 g/mol. The minimum Gasteiger partial charge on any atom is -0.374 e. The van der Waals surface area contributed by atoms with Gasteiger partial charge in [0.15, 0.2) is 0 Å². The normalized spacial score (nSPS) is 30.0. The maximum Gasteiger partial charge on any atom is 0.226 e. The van der Waals surface area contributed by atoms with Crippen molar-refractivity contribution in [3.05, 3.63) is 35.9 Å². The van der Waals surface area contributed by atoms with Gasteiger partial charge >= 0.3 is 0 Å². The molecule has 2 aliphatic heterocycles. The Morgan fingerprint density at radius 1 is 1.38 bits per heavy atom. The largest absolute Gasteiger partial charge is 0.374 e. The summed E-state index contributed by atoms with van der Waals surface area (Å²) < 4.78 is 17.3. The molecule has 0 saturated carbocycles. The number of benzene rings is 1. The average molecular weight is 307 g/mol. The van der Waals surface area contributed by atoms with E-state index in [2.05, 4.69) is 5.32 Å². The van der Waals surface area contributed by atoms with E-state index >= 15 is 0 Å². The molecule has 2 fully saturated rings. The highest BCUT2D eigenvalue weighted by Gasteiger charge is 2.44. The third-order valence-corrected chi connectivity index (χ3v) is 5.17. The highest BCUT2D eigenvalue weighted by atomic mass is 32.2. The lowest BCUT2D eigenvalue weighted by Gasteiger charge is -2.23. The van der Waals surface area contributed by atoms with Gasteiger partial charge in [-0.2, -0.15) is 0 Å². The second-order valence-electron chi connectivity index (χ2n) is 5.93. The van der Waals surface area contributed by atoms with Crippen molar-refractivity contribution in [2.45, 2.75) is 37.5 Å². The van der Waals surface area contributed by atoms with Gasteiger partial charge in [0.05, 0.1) is 24.2 Å². The van der Waals surface area contributed by atoms with E-state index in [0.717, 1.165) is 24.8 Å². The highest BCUT2D eigenvalue weighted by Crippen LogP contribution is 2.39. The molecule has 5 unspecified atom stereocenters. The number of fused-ring (bicyclic) bond motifs is 2. The first-order valence-electron chi connectivity index (χ1n) is 7.44. The van der Waals surface area contributed by atoms with E-state index in [0.29, 0.717) is 5.75 Å². The Bertz CT molecular complexity index is 534. The fraction of sp³-hybridized carbons (Fsp3) is 0.562. The first kappa shape index (κ1) is 14.7. The molecule has 3 rings (SSSR count). The van der Waals surface area contributed by atoms with Gasteiger partial charge in [-0.25, -0.2) is 0 Å². The Morgan fingerprint density at radius 3 is 2.71 bits per heavy atom. The fourth-order valence-corrected chi connectivity index (χ4v) is 4.08. The fourth-order valence-electron chi connectivity index (χ4n) is 3.33. The first-order valence-corrected chi connectivity index (χ1v) is 9.17. The minimum atomic E-state index is -0.962. The van der Waals surface area contributed by atoms with Crippen molar-refractivity contribution in [2.24, 2.45) is 5.92 Å². The van der Waals surface area contributed by atoms with Crippen LogP contribution in [0.25, 0.3) is 0 Å². The van der Waals surface area contributed by atoms with Gasteiger partial charge in [-0.1, -0.05) is 30.3 Å². The van der Waals surface area contributed by atoms with E-state index in [1.165, 1.54) is 0 Å². The lowest BCUT2D eigenvalue weighted by atomic mass is 9.88. The summed E-state index contributed by atoms with van der Waals surface area (Å²) in [6.45, 7) is 0. The molecular formula is C16H21NO3S. The number of ether oxygens (including phenoxy) is 1. The molecule has 2 saturated heterocycles. The van der Waals surface area contributed by atoms with Gasteiger partial charge in [0.1, 0.15) is 0 Å². The molecule has 1 amide bonds. The summed E-state index contributed by atoms with van der Waals surface area (Å²) in [5.74, 6) is 0.444. The predicted octanol–water partition coefficient (Wildman–Crippen LogP) is 1.79. The van der Waals surface area contributed by atoms with Crippen LogP contribution in [-0.4, -0.2) is 34.3 Å². The van der Waals surface area contributed by atoms with E-state index in [4.69, 9.17) is 4.74 Å². The highest BCUT2D eigenvalue weighted by molar-refractivity contribution is 7.84. The number of hydrogen-bond acceptors (Lipinski definition) is 3. The quantitative estimate of drug-likeness (QED) is 0.902. The van der Waals surface area contributed by atoms with E-state index in [9.17, 15) is 9.00 Å². The van der Waals surface area contributed by atoms with Crippen molar-refractivity contribution in [3.8, 4) is 0 Å². The summed E-state index contributed by atoms with van der Waals surface area (Å²) in [5, 5.41) is 3.08. The van der Waals surface area contributed by atoms with Crippen LogP contribution in [0.15, 0.2) is 30.3 Å². The van der Waals surface area contributed by atoms with E-state index < -0.39 is 10.8 Å². The second-order valence-corrected chi connectivity index (χ2v) is 7.41. The van der Waals surface area contributed by atoms with Gasteiger partial charge in [0.25, 0.3) is 0 Å². The van der Waals surface area contributed by atoms with Crippen LogP contribution in [0.3, 0.4) is 0 Å². The van der Waals surface area contributed by atoms with Crippen molar-refractivity contribution < 1.29 is 13.7 Å². The van der Waals surface area contributed by atoms with Gasteiger partial charge in [0.2, 0.25) is 5.91 Å². The molecule has 0 spiro atoms. The van der Waals surface area contributed by atoms with Crippen LogP contribution in [0, 0.1) is 5.92 Å². The van der Waals surface area contributed by atoms with Crippen LogP contribution in [0.2, 0.25) is 0 Å².